The molecular weight excluding hydrogens is 230 g/mol. The first-order valence-electron chi connectivity index (χ1n) is 4.67. The summed E-state index contributed by atoms with van der Waals surface area (Å²) in [6.45, 7) is 1.98. The number of aromatic nitrogens is 3. The second kappa shape index (κ2) is 4.40. The highest BCUT2D eigenvalue weighted by atomic mass is 35.5. The molecule has 0 saturated heterocycles. The van der Waals surface area contributed by atoms with Gasteiger partial charge in [-0.3, -0.25) is 4.98 Å². The summed E-state index contributed by atoms with van der Waals surface area (Å²) >= 11 is 5.89. The second-order valence-corrected chi connectivity index (χ2v) is 3.29. The van der Waals surface area contributed by atoms with Crippen LogP contribution in [0.1, 0.15) is 17.5 Å². The fourth-order valence-electron chi connectivity index (χ4n) is 1.22. The van der Waals surface area contributed by atoms with Gasteiger partial charge in [0.05, 0.1) is 12.1 Å². The van der Waals surface area contributed by atoms with Gasteiger partial charge in [0.1, 0.15) is 5.52 Å². The van der Waals surface area contributed by atoms with Crippen LogP contribution in [0.3, 0.4) is 0 Å². The molecule has 0 amide bonds. The topological polar surface area (TPSA) is 65.0 Å². The number of fused-ring (bicyclic) bond motifs is 1. The highest BCUT2D eigenvalue weighted by Crippen LogP contribution is 2.17. The third-order valence-corrected chi connectivity index (χ3v) is 2.13. The number of halogens is 1. The number of hydrogen-bond acceptors (Lipinski definition) is 5. The van der Waals surface area contributed by atoms with Crippen LogP contribution < -0.4 is 0 Å². The normalized spacial score (nSPS) is 10.4. The fraction of sp³-hybridized carbons (Fsp3) is 0.200. The van der Waals surface area contributed by atoms with E-state index < -0.39 is 5.97 Å². The smallest absolute Gasteiger partial charge is 0.376 e. The van der Waals surface area contributed by atoms with Gasteiger partial charge in [-0.2, -0.15) is 0 Å². The molecule has 5 nitrogen and oxygen atoms in total. The predicted octanol–water partition coefficient (Wildman–Crippen LogP) is 1.85. The van der Waals surface area contributed by atoms with Crippen LogP contribution in [0, 0.1) is 0 Å². The number of carbonyl (C=O) groups excluding carboxylic acids is 1. The van der Waals surface area contributed by atoms with E-state index in [-0.39, 0.29) is 17.6 Å². The molecule has 0 aliphatic heterocycles. The van der Waals surface area contributed by atoms with Crippen LogP contribution >= 0.6 is 11.6 Å². The Morgan fingerprint density at radius 1 is 1.50 bits per heavy atom. The van der Waals surface area contributed by atoms with Gasteiger partial charge in [-0.1, -0.05) is 11.6 Å². The van der Waals surface area contributed by atoms with Gasteiger partial charge >= 0.3 is 5.97 Å². The van der Waals surface area contributed by atoms with Crippen molar-refractivity contribution in [3.8, 4) is 0 Å². The zero-order valence-corrected chi connectivity index (χ0v) is 9.23. The van der Waals surface area contributed by atoms with E-state index in [1.54, 1.807) is 25.3 Å². The first-order chi connectivity index (χ1) is 7.72. The highest BCUT2D eigenvalue weighted by molar-refractivity contribution is 6.33. The molecule has 0 N–H and O–H groups in total. The number of carbonyl (C=O) groups is 1. The molecule has 0 bridgehead atoms. The molecule has 2 aromatic heterocycles. The second-order valence-electron chi connectivity index (χ2n) is 2.93. The molecule has 2 heterocycles. The lowest BCUT2D eigenvalue weighted by Crippen LogP contribution is -2.10. The van der Waals surface area contributed by atoms with Gasteiger partial charge in [0.25, 0.3) is 0 Å². The van der Waals surface area contributed by atoms with E-state index in [9.17, 15) is 4.79 Å². The lowest BCUT2D eigenvalue weighted by atomic mass is 10.3. The Kier molecular flexibility index (Phi) is 2.96. The molecule has 2 aromatic rings. The molecular formula is C10H8ClN3O2. The number of ether oxygens (including phenoxy) is 1. The molecule has 0 aliphatic carbocycles. The van der Waals surface area contributed by atoms with Crippen LogP contribution in [0.5, 0.6) is 0 Å². The molecule has 82 valence electrons. The van der Waals surface area contributed by atoms with Crippen LogP contribution in [0.2, 0.25) is 5.15 Å². The van der Waals surface area contributed by atoms with E-state index in [0.717, 1.165) is 0 Å². The van der Waals surface area contributed by atoms with Crippen LogP contribution in [-0.2, 0) is 4.74 Å². The van der Waals surface area contributed by atoms with Crippen molar-refractivity contribution in [2.45, 2.75) is 6.92 Å². The van der Waals surface area contributed by atoms with Crippen LogP contribution in [0.25, 0.3) is 11.0 Å². The Hall–Kier alpha value is -1.75. The summed E-state index contributed by atoms with van der Waals surface area (Å²) in [6.07, 6.45) is 1.58. The molecule has 0 spiro atoms. The molecule has 0 atom stereocenters. The first-order valence-corrected chi connectivity index (χ1v) is 5.05. The van der Waals surface area contributed by atoms with Crippen molar-refractivity contribution in [2.75, 3.05) is 6.61 Å². The fourth-order valence-corrected chi connectivity index (χ4v) is 1.44. The van der Waals surface area contributed by atoms with Crippen molar-refractivity contribution in [3.05, 3.63) is 29.3 Å². The lowest BCUT2D eigenvalue weighted by molar-refractivity contribution is 0.0512. The van der Waals surface area contributed by atoms with Crippen molar-refractivity contribution in [3.63, 3.8) is 0 Å². The molecule has 0 radical (unpaired) electrons. The van der Waals surface area contributed by atoms with Gasteiger partial charge < -0.3 is 4.74 Å². The summed E-state index contributed by atoms with van der Waals surface area (Å²) in [5.41, 5.74) is 0.989. The van der Waals surface area contributed by atoms with Crippen LogP contribution in [0.4, 0.5) is 0 Å². The van der Waals surface area contributed by atoms with Crippen LogP contribution in [0.15, 0.2) is 18.3 Å². The van der Waals surface area contributed by atoms with Crippen LogP contribution in [-0.4, -0.2) is 27.5 Å². The minimum absolute atomic E-state index is 0.0487. The quantitative estimate of drug-likeness (QED) is 0.589. The van der Waals surface area contributed by atoms with E-state index >= 15 is 0 Å². The summed E-state index contributed by atoms with van der Waals surface area (Å²) in [6, 6.07) is 3.42. The van der Waals surface area contributed by atoms with Crippen molar-refractivity contribution in [1.29, 1.82) is 0 Å². The van der Waals surface area contributed by atoms with Gasteiger partial charge in [0, 0.05) is 6.20 Å². The Labute approximate surface area is 96.4 Å². The predicted molar refractivity (Wildman–Crippen MR) is 58.3 cm³/mol. The molecule has 6 heteroatoms. The molecule has 0 aliphatic rings. The largest absolute Gasteiger partial charge is 0.460 e. The number of pyridine rings is 1. The van der Waals surface area contributed by atoms with E-state index in [1.807, 2.05) is 0 Å². The summed E-state index contributed by atoms with van der Waals surface area (Å²) in [7, 11) is 0. The van der Waals surface area contributed by atoms with E-state index in [2.05, 4.69) is 15.0 Å². The van der Waals surface area contributed by atoms with Crippen molar-refractivity contribution in [1.82, 2.24) is 15.0 Å². The Bertz CT molecular complexity index is 545. The minimum atomic E-state index is -0.588. The molecule has 0 aromatic carbocycles. The van der Waals surface area contributed by atoms with Crippen molar-refractivity contribution < 1.29 is 9.53 Å². The van der Waals surface area contributed by atoms with E-state index in [4.69, 9.17) is 16.3 Å². The van der Waals surface area contributed by atoms with E-state index in [1.165, 1.54) is 0 Å². The average molecular weight is 238 g/mol. The van der Waals surface area contributed by atoms with E-state index in [0.29, 0.717) is 11.0 Å². The molecule has 2 rings (SSSR count). The maximum Gasteiger partial charge on any atom is 0.376 e. The Balaban J connectivity index is 2.53. The molecule has 0 saturated carbocycles. The Morgan fingerprint density at radius 2 is 2.31 bits per heavy atom. The van der Waals surface area contributed by atoms with Gasteiger partial charge in [0.2, 0.25) is 5.82 Å². The maximum atomic E-state index is 11.4. The summed E-state index contributed by atoms with van der Waals surface area (Å²) in [5, 5.41) is 0.147. The van der Waals surface area contributed by atoms with Gasteiger partial charge in [-0.15, -0.1) is 0 Å². The first kappa shape index (κ1) is 10.8. The maximum absolute atomic E-state index is 11.4. The molecule has 16 heavy (non-hydrogen) atoms. The van der Waals surface area contributed by atoms with Gasteiger partial charge in [-0.25, -0.2) is 14.8 Å². The summed E-state index contributed by atoms with van der Waals surface area (Å²) < 4.78 is 4.79. The third-order valence-electron chi connectivity index (χ3n) is 1.87. The monoisotopic (exact) mass is 237 g/mol. The van der Waals surface area contributed by atoms with Gasteiger partial charge in [0.15, 0.2) is 5.15 Å². The molecule has 0 fully saturated rings. The van der Waals surface area contributed by atoms with Crippen molar-refractivity contribution >= 4 is 28.6 Å². The SMILES string of the molecule is CCOC(=O)c1nc(Cl)c2ncccc2n1. The highest BCUT2D eigenvalue weighted by Gasteiger charge is 2.14. The zero-order valence-electron chi connectivity index (χ0n) is 8.48. The zero-order chi connectivity index (χ0) is 11.5. The minimum Gasteiger partial charge on any atom is -0.460 e. The molecule has 0 unspecified atom stereocenters. The standard InChI is InChI=1S/C10H8ClN3O2/c1-2-16-10(15)9-13-6-4-3-5-12-7(6)8(11)14-9/h3-5H,2H2,1H3. The third kappa shape index (κ3) is 1.94. The Morgan fingerprint density at radius 3 is 3.06 bits per heavy atom. The van der Waals surface area contributed by atoms with Gasteiger partial charge in [-0.05, 0) is 19.1 Å². The summed E-state index contributed by atoms with van der Waals surface area (Å²) in [5.74, 6) is -0.637. The summed E-state index contributed by atoms with van der Waals surface area (Å²) in [4.78, 5) is 23.3. The number of hydrogen-bond donors (Lipinski definition) is 0. The number of nitrogens with zero attached hydrogens (tertiary/aromatic N) is 3. The number of rotatable bonds is 2. The lowest BCUT2D eigenvalue weighted by Gasteiger charge is -2.02. The van der Waals surface area contributed by atoms with Crippen molar-refractivity contribution in [2.24, 2.45) is 0 Å². The average Bonchev–Trinajstić information content (AvgIpc) is 2.29. The number of esters is 1.